The van der Waals surface area contributed by atoms with Gasteiger partial charge in [-0.2, -0.15) is 0 Å². The first kappa shape index (κ1) is 110. The highest BCUT2D eigenvalue weighted by Gasteiger charge is 2.42. The molecule has 0 aromatic rings. The molecule has 0 amide bonds. The van der Waals surface area contributed by atoms with Crippen molar-refractivity contribution in [1.29, 1.82) is 0 Å². The third-order valence-corrected chi connectivity index (χ3v) is 16.5. The summed E-state index contributed by atoms with van der Waals surface area (Å²) < 4.78 is 155. The normalized spacial score (nSPS) is 25.1. The Morgan fingerprint density at radius 3 is 0.952 bits per heavy atom. The third-order valence-electron chi connectivity index (χ3n) is 16.5. The number of ether oxygens (including phenoxy) is 2. The number of halogens is 21. The summed E-state index contributed by atoms with van der Waals surface area (Å²) in [6.07, 6.45) is 13.2. The molecule has 0 spiro atoms. The minimum absolute atomic E-state index is 0. The zero-order valence-electron chi connectivity index (χ0n) is 51.3. The van der Waals surface area contributed by atoms with Crippen molar-refractivity contribution in [3.8, 4) is 0 Å². The Kier molecular flexibility index (Phi) is 79.5. The van der Waals surface area contributed by atoms with Gasteiger partial charge in [0.25, 0.3) is 0 Å². The predicted molar refractivity (Wildman–Crippen MR) is 295 cm³/mol. The zero-order chi connectivity index (χ0) is 65.5. The van der Waals surface area contributed by atoms with Crippen LogP contribution in [0.3, 0.4) is 0 Å². The molecule has 0 aromatic carbocycles. The second-order valence-electron chi connectivity index (χ2n) is 23.2. The summed E-state index contributed by atoms with van der Waals surface area (Å²) in [7, 11) is 0. The van der Waals surface area contributed by atoms with Crippen LogP contribution < -0.4 is 5.32 Å². The summed E-state index contributed by atoms with van der Waals surface area (Å²) in [6, 6.07) is 0. The fraction of sp³-hybridized carbons (Fsp3) is 0.804. The largest absolute Gasteiger partial charge is 0.492 e. The fourth-order valence-electron chi connectivity index (χ4n) is 8.59. The van der Waals surface area contributed by atoms with Gasteiger partial charge in [0.05, 0.1) is 11.4 Å². The summed E-state index contributed by atoms with van der Waals surface area (Å²) in [6.45, 7) is 55.4. The molecule has 83 heavy (non-hydrogen) atoms. The van der Waals surface area contributed by atoms with Crippen molar-refractivity contribution in [3.63, 3.8) is 0 Å². The van der Waals surface area contributed by atoms with Crippen LogP contribution in [0, 0.1) is 51.8 Å². The minimum atomic E-state index is -0.183. The molecule has 6 aliphatic rings. The molecule has 6 fully saturated rings. The second-order valence-corrected chi connectivity index (χ2v) is 23.2. The van der Waals surface area contributed by atoms with Crippen molar-refractivity contribution in [2.45, 2.75) is 232 Å². The van der Waals surface area contributed by atoms with Gasteiger partial charge in [0.1, 0.15) is 23.8 Å². The van der Waals surface area contributed by atoms with Gasteiger partial charge in [-0.1, -0.05) is 149 Å². The molecule has 6 rings (SSSR count). The van der Waals surface area contributed by atoms with E-state index in [2.05, 4.69) is 149 Å². The summed E-state index contributed by atoms with van der Waals surface area (Å²) >= 11 is 0. The van der Waals surface area contributed by atoms with E-state index in [4.69, 9.17) is 91.8 Å². The van der Waals surface area contributed by atoms with Crippen LogP contribution in [0.25, 0.3) is 0 Å². The zero-order valence-corrected chi connectivity index (χ0v) is 51.3. The number of ketones is 3. The predicted octanol–water partition coefficient (Wildman–Crippen LogP) is 23.4. The van der Waals surface area contributed by atoms with Gasteiger partial charge >= 0.3 is 0 Å². The van der Waals surface area contributed by atoms with Crippen molar-refractivity contribution in [2.24, 2.45) is 51.8 Å². The van der Waals surface area contributed by atoms with Crippen molar-refractivity contribution >= 4 is 17.3 Å². The molecular formula is C56H104F21NO5. The average molecular weight is 1270 g/mol. The quantitative estimate of drug-likeness (QED) is 0.211. The van der Waals surface area contributed by atoms with E-state index in [1.807, 2.05) is 6.92 Å². The highest BCUT2D eigenvalue weighted by molar-refractivity contribution is 5.90. The lowest BCUT2D eigenvalue weighted by molar-refractivity contribution is -0.127. The average Bonchev–Trinajstić information content (AvgIpc) is 4.30. The van der Waals surface area contributed by atoms with Gasteiger partial charge in [0.15, 0.2) is 5.78 Å². The molecule has 3 aliphatic heterocycles. The molecule has 3 saturated carbocycles. The van der Waals surface area contributed by atoms with Gasteiger partial charge in [-0.15, -0.1) is 0 Å². The minimum Gasteiger partial charge on any atom is -0.492 e. The van der Waals surface area contributed by atoms with E-state index in [1.54, 1.807) is 0 Å². The molecule has 1 N–H and O–H groups in total. The van der Waals surface area contributed by atoms with Gasteiger partial charge in [-0.3, -0.25) is 28.5 Å². The van der Waals surface area contributed by atoms with Crippen LogP contribution in [0.5, 0.6) is 0 Å². The first-order valence-corrected chi connectivity index (χ1v) is 25.3. The molecule has 6 atom stereocenters. The van der Waals surface area contributed by atoms with E-state index >= 15 is 0 Å². The number of Topliss-reactive ketones (excluding diaryl/α,β-unsaturated/α-hetero) is 3. The number of rotatable bonds is 6. The Hall–Kier alpha value is -3.94. The molecule has 3 saturated heterocycles. The summed E-state index contributed by atoms with van der Waals surface area (Å²) in [5.41, 5.74) is 4.73. The molecule has 27 heteroatoms. The monoisotopic (exact) mass is 1270 g/mol. The van der Waals surface area contributed by atoms with Crippen LogP contribution >= 0.6 is 0 Å². The van der Waals surface area contributed by atoms with Crippen molar-refractivity contribution in [3.05, 3.63) is 48.9 Å². The highest BCUT2D eigenvalue weighted by Crippen LogP contribution is 2.46. The molecule has 0 aromatic heterocycles. The maximum atomic E-state index is 11.5. The van der Waals surface area contributed by atoms with E-state index in [0.29, 0.717) is 77.0 Å². The van der Waals surface area contributed by atoms with Gasteiger partial charge in [0, 0.05) is 131 Å². The number of carbonyl (C=O) groups is 3. The van der Waals surface area contributed by atoms with Gasteiger partial charge in [0.2, 0.25) is 0 Å². The molecule has 6 nitrogen and oxygen atoms in total. The number of hydrogen-bond donors (Lipinski definition) is 1. The van der Waals surface area contributed by atoms with E-state index in [0.717, 1.165) is 62.2 Å². The molecule has 3 aliphatic carbocycles. The fourth-order valence-corrected chi connectivity index (χ4v) is 8.59. The lowest BCUT2D eigenvalue weighted by atomic mass is 9.77. The number of allylic oxidation sites excluding steroid dienone is 4. The summed E-state index contributed by atoms with van der Waals surface area (Å²) in [5, 5.41) is 3.44. The van der Waals surface area contributed by atoms with Crippen LogP contribution in [-0.4, -0.2) is 40.7 Å². The van der Waals surface area contributed by atoms with Gasteiger partial charge < -0.3 is 14.8 Å². The first-order valence-electron chi connectivity index (χ1n) is 25.3. The van der Waals surface area contributed by atoms with Gasteiger partial charge in [-0.05, 0) is 118 Å². The molecule has 6 unspecified atom stereocenters. The van der Waals surface area contributed by atoms with Crippen LogP contribution in [0.2, 0.25) is 0 Å². The van der Waals surface area contributed by atoms with Crippen LogP contribution in [0.1, 0.15) is 216 Å². The summed E-state index contributed by atoms with van der Waals surface area (Å²) in [5.74, 6) is 5.64. The molecule has 0 bridgehead atoms. The highest BCUT2D eigenvalue weighted by atomic mass is 20.0. The van der Waals surface area contributed by atoms with Crippen LogP contribution in [-0.2, 0) is 23.9 Å². The van der Waals surface area contributed by atoms with Gasteiger partial charge in [-0.25, -0.2) is 0 Å². The van der Waals surface area contributed by atoms with E-state index in [9.17, 15) is 14.4 Å². The molecule has 0 radical (unpaired) electrons. The molecular weight excluding hydrogens is 1170 g/mol. The maximum absolute atomic E-state index is 11.5. The summed E-state index contributed by atoms with van der Waals surface area (Å²) in [4.78, 5) is 33.3. The third kappa shape index (κ3) is 43.4. The Bertz CT molecular complexity index is 1390. The second kappa shape index (κ2) is 59.8. The van der Waals surface area contributed by atoms with Crippen molar-refractivity contribution in [1.82, 2.24) is 5.32 Å². The first-order chi connectivity index (χ1) is 36.7. The Morgan fingerprint density at radius 1 is 0.422 bits per heavy atom. The number of nitrogens with one attached hydrogen (secondary N) is 1. The Morgan fingerprint density at radius 2 is 0.807 bits per heavy atom. The van der Waals surface area contributed by atoms with Crippen molar-refractivity contribution < 1.29 is 120 Å². The SMILES string of the molecule is C.C=C1CC(=O)C(C)(C(C)C)C1.C=C1CCC(C)(C(C)C)C1.C=C1CCC(C)(C(C)C)N1.C=C1CCC(C)(C(C)C)O1.CC(C)C1(C)CC(=O)CO1.CC(C)C1(C)CCC(=O)C1.F.F.F.FF.FF.FF.FF.FF.FF.FF.FF.FF. The van der Waals surface area contributed by atoms with E-state index in [1.165, 1.54) is 37.0 Å². The topological polar surface area (TPSA) is 81.7 Å². The van der Waals surface area contributed by atoms with Crippen molar-refractivity contribution in [2.75, 3.05) is 6.61 Å². The Labute approximate surface area is 481 Å². The number of carbonyl (C=O) groups excluding carboxylic acids is 3. The lowest BCUT2D eigenvalue weighted by Gasteiger charge is -2.29. The van der Waals surface area contributed by atoms with E-state index in [-0.39, 0.29) is 43.9 Å². The van der Waals surface area contributed by atoms with E-state index < -0.39 is 0 Å². The Balaban J connectivity index is -0.0000000604. The maximum Gasteiger partial charge on any atom is 0.161 e. The van der Waals surface area contributed by atoms with Crippen LogP contribution in [0.15, 0.2) is 48.9 Å². The lowest BCUT2D eigenvalue weighted by Crippen LogP contribution is -2.40. The molecule has 3 heterocycles. The number of hydrogen-bond acceptors (Lipinski definition) is 6. The van der Waals surface area contributed by atoms with Crippen LogP contribution in [0.4, 0.5) is 96.4 Å². The smallest absolute Gasteiger partial charge is 0.161 e. The standard InChI is InChI=1S/C10H16O.C10H18.C9H17N.2C9H16O.C8H14O2.CH4.9F2.3FH/c1-7(2)10(4)6-8(3)5-9(10)11;1-8(2)10(4)6-5-9(3)7-10;2*1-7(2)9(4)6-5-8(3)10-9;1-7(2)9(3)5-4-8(10)6-9;1-6(2)8(3)4-7(9)5-10-8;;9*1-2;;;/h7H,3,5-6H2,1-2,4H3;8H,3,5-7H2,1-2,4H3;7,10H,3,5-6H2,1-2,4H3;7H,3,5-6H2,1-2,4H3;7H,4-6H2,1-3H3;6H,4-5H2,1-3H3;1H4;;;;;;;;;;3*1H. The molecule has 510 valence electrons.